The summed E-state index contributed by atoms with van der Waals surface area (Å²) in [5.74, 6) is 1.54. The van der Waals surface area contributed by atoms with E-state index in [1.165, 1.54) is 32.1 Å². The van der Waals surface area contributed by atoms with E-state index in [0.717, 1.165) is 12.5 Å². The number of nitrogens with one attached hydrogen (secondary N) is 1. The minimum atomic E-state index is 0.369. The number of hydrogen-bond donors (Lipinski definition) is 2. The first-order valence-electron chi connectivity index (χ1n) is 5.22. The van der Waals surface area contributed by atoms with E-state index >= 15 is 0 Å². The summed E-state index contributed by atoms with van der Waals surface area (Å²) >= 11 is 0. The van der Waals surface area contributed by atoms with Gasteiger partial charge >= 0.3 is 0 Å². The Morgan fingerprint density at radius 2 is 2.08 bits per heavy atom. The number of rotatable bonds is 3. The van der Waals surface area contributed by atoms with Crippen LogP contribution >= 0.6 is 0 Å². The summed E-state index contributed by atoms with van der Waals surface area (Å²) in [5, 5.41) is 12.4. The summed E-state index contributed by atoms with van der Waals surface area (Å²) in [6.45, 7) is 1.40. The van der Waals surface area contributed by atoms with Crippen LogP contribution in [0.3, 0.4) is 0 Å². The molecule has 2 aliphatic rings. The predicted molar refractivity (Wildman–Crippen MR) is 48.9 cm³/mol. The lowest BCUT2D eigenvalue weighted by atomic mass is 9.80. The van der Waals surface area contributed by atoms with Gasteiger partial charge in [0.25, 0.3) is 0 Å². The van der Waals surface area contributed by atoms with Crippen molar-refractivity contribution in [1.82, 2.24) is 5.32 Å². The van der Waals surface area contributed by atoms with E-state index in [2.05, 4.69) is 5.32 Å². The van der Waals surface area contributed by atoms with Gasteiger partial charge in [0.1, 0.15) is 0 Å². The Morgan fingerprint density at radius 3 is 2.58 bits per heavy atom. The monoisotopic (exact) mass is 169 g/mol. The Balaban J connectivity index is 1.68. The largest absolute Gasteiger partial charge is 0.396 e. The molecule has 0 spiro atoms. The van der Waals surface area contributed by atoms with Crippen molar-refractivity contribution in [3.63, 3.8) is 0 Å². The minimum Gasteiger partial charge on any atom is -0.396 e. The first-order chi connectivity index (χ1) is 5.88. The zero-order valence-corrected chi connectivity index (χ0v) is 7.63. The fraction of sp³-hybridized carbons (Fsp3) is 1.00. The molecule has 0 aromatic carbocycles. The van der Waals surface area contributed by atoms with Gasteiger partial charge in [-0.2, -0.15) is 0 Å². The van der Waals surface area contributed by atoms with Crippen LogP contribution in [0.25, 0.3) is 0 Å². The van der Waals surface area contributed by atoms with Crippen molar-refractivity contribution < 1.29 is 5.11 Å². The standard InChI is InChI=1S/C10H19NO/c12-7-9-5-10(11-6-9)4-8-2-1-3-8/h8-12H,1-7H2. The molecule has 2 nitrogen and oxygen atoms in total. The van der Waals surface area contributed by atoms with E-state index < -0.39 is 0 Å². The van der Waals surface area contributed by atoms with Crippen LogP contribution in [0.5, 0.6) is 0 Å². The highest BCUT2D eigenvalue weighted by atomic mass is 16.3. The van der Waals surface area contributed by atoms with Crippen LogP contribution in [-0.4, -0.2) is 24.3 Å². The molecule has 0 amide bonds. The second-order valence-electron chi connectivity index (χ2n) is 4.42. The van der Waals surface area contributed by atoms with Crippen molar-refractivity contribution >= 4 is 0 Å². The maximum absolute atomic E-state index is 8.95. The molecular formula is C10H19NO. The molecule has 1 saturated carbocycles. The van der Waals surface area contributed by atoms with Gasteiger partial charge in [-0.05, 0) is 24.7 Å². The first-order valence-corrected chi connectivity index (χ1v) is 5.22. The smallest absolute Gasteiger partial charge is 0.0471 e. The quantitative estimate of drug-likeness (QED) is 0.664. The van der Waals surface area contributed by atoms with Crippen LogP contribution in [-0.2, 0) is 0 Å². The van der Waals surface area contributed by atoms with Gasteiger partial charge in [0.15, 0.2) is 0 Å². The third-order valence-corrected chi connectivity index (χ3v) is 3.41. The number of aliphatic hydroxyl groups is 1. The molecule has 2 heteroatoms. The SMILES string of the molecule is OCC1CNC(CC2CCC2)C1. The number of hydrogen-bond acceptors (Lipinski definition) is 2. The summed E-state index contributed by atoms with van der Waals surface area (Å²) in [5.41, 5.74) is 0. The third kappa shape index (κ3) is 1.80. The molecule has 2 rings (SSSR count). The fourth-order valence-electron chi connectivity index (χ4n) is 2.35. The lowest BCUT2D eigenvalue weighted by Gasteiger charge is -2.28. The van der Waals surface area contributed by atoms with E-state index in [9.17, 15) is 0 Å². The van der Waals surface area contributed by atoms with E-state index in [0.29, 0.717) is 18.6 Å². The molecule has 70 valence electrons. The molecule has 1 saturated heterocycles. The fourth-order valence-corrected chi connectivity index (χ4v) is 2.35. The lowest BCUT2D eigenvalue weighted by Crippen LogP contribution is -2.26. The normalized spacial score (nSPS) is 36.8. The van der Waals surface area contributed by atoms with Gasteiger partial charge in [-0.3, -0.25) is 0 Å². The van der Waals surface area contributed by atoms with Gasteiger partial charge in [0.2, 0.25) is 0 Å². The average Bonchev–Trinajstić information content (AvgIpc) is 2.44. The van der Waals surface area contributed by atoms with Gasteiger partial charge in [-0.25, -0.2) is 0 Å². The van der Waals surface area contributed by atoms with Crippen molar-refractivity contribution in [3.05, 3.63) is 0 Å². The van der Waals surface area contributed by atoms with Gasteiger partial charge in [-0.1, -0.05) is 19.3 Å². The average molecular weight is 169 g/mol. The Kier molecular flexibility index (Phi) is 2.66. The van der Waals surface area contributed by atoms with Crippen LogP contribution in [0, 0.1) is 11.8 Å². The summed E-state index contributed by atoms with van der Waals surface area (Å²) in [7, 11) is 0. The Bertz CT molecular complexity index is 145. The van der Waals surface area contributed by atoms with Gasteiger partial charge in [-0.15, -0.1) is 0 Å². The number of aliphatic hydroxyl groups excluding tert-OH is 1. The topological polar surface area (TPSA) is 32.3 Å². The van der Waals surface area contributed by atoms with E-state index in [1.807, 2.05) is 0 Å². The third-order valence-electron chi connectivity index (χ3n) is 3.41. The van der Waals surface area contributed by atoms with Crippen LogP contribution in [0.15, 0.2) is 0 Å². The molecule has 0 aromatic rings. The van der Waals surface area contributed by atoms with Crippen LogP contribution < -0.4 is 5.32 Å². The molecule has 0 aromatic heterocycles. The summed E-state index contributed by atoms with van der Waals surface area (Å²) in [6, 6.07) is 0.715. The van der Waals surface area contributed by atoms with Gasteiger partial charge in [0, 0.05) is 19.2 Å². The van der Waals surface area contributed by atoms with Crippen molar-refractivity contribution in [3.8, 4) is 0 Å². The minimum absolute atomic E-state index is 0.369. The van der Waals surface area contributed by atoms with E-state index in [4.69, 9.17) is 5.11 Å². The van der Waals surface area contributed by atoms with Crippen LogP contribution in [0.1, 0.15) is 32.1 Å². The first kappa shape index (κ1) is 8.52. The van der Waals surface area contributed by atoms with Gasteiger partial charge in [0.05, 0.1) is 0 Å². The zero-order chi connectivity index (χ0) is 8.39. The maximum atomic E-state index is 8.95. The van der Waals surface area contributed by atoms with Crippen molar-refractivity contribution in [1.29, 1.82) is 0 Å². The summed E-state index contributed by atoms with van der Waals surface area (Å²) < 4.78 is 0. The zero-order valence-electron chi connectivity index (χ0n) is 7.63. The highest BCUT2D eigenvalue weighted by Crippen LogP contribution is 2.32. The van der Waals surface area contributed by atoms with E-state index in [-0.39, 0.29) is 0 Å². The highest BCUT2D eigenvalue weighted by molar-refractivity contribution is 4.84. The Hall–Kier alpha value is -0.0800. The maximum Gasteiger partial charge on any atom is 0.0471 e. The molecule has 1 heterocycles. The van der Waals surface area contributed by atoms with Crippen molar-refractivity contribution in [2.24, 2.45) is 11.8 Å². The molecule has 2 unspecified atom stereocenters. The van der Waals surface area contributed by atoms with Crippen LogP contribution in [0.2, 0.25) is 0 Å². The Morgan fingerprint density at radius 1 is 1.25 bits per heavy atom. The molecule has 1 aliphatic carbocycles. The van der Waals surface area contributed by atoms with Crippen molar-refractivity contribution in [2.45, 2.75) is 38.1 Å². The molecule has 2 fully saturated rings. The summed E-state index contributed by atoms with van der Waals surface area (Å²) in [6.07, 6.45) is 6.90. The molecule has 1 aliphatic heterocycles. The van der Waals surface area contributed by atoms with Crippen LogP contribution in [0.4, 0.5) is 0 Å². The second-order valence-corrected chi connectivity index (χ2v) is 4.42. The van der Waals surface area contributed by atoms with E-state index in [1.54, 1.807) is 0 Å². The molecular weight excluding hydrogens is 150 g/mol. The van der Waals surface area contributed by atoms with Crippen molar-refractivity contribution in [2.75, 3.05) is 13.2 Å². The molecule has 2 N–H and O–H groups in total. The molecule has 12 heavy (non-hydrogen) atoms. The molecule has 2 atom stereocenters. The second kappa shape index (κ2) is 3.75. The molecule has 0 radical (unpaired) electrons. The Labute approximate surface area is 74.4 Å². The lowest BCUT2D eigenvalue weighted by molar-refractivity contribution is 0.229. The van der Waals surface area contributed by atoms with Gasteiger partial charge < -0.3 is 10.4 Å². The molecule has 0 bridgehead atoms. The summed E-state index contributed by atoms with van der Waals surface area (Å²) in [4.78, 5) is 0. The predicted octanol–water partition coefficient (Wildman–Crippen LogP) is 1.15. The highest BCUT2D eigenvalue weighted by Gasteiger charge is 2.27.